The van der Waals surface area contributed by atoms with Crippen LogP contribution in [0.25, 0.3) is 5.76 Å². The van der Waals surface area contributed by atoms with E-state index in [2.05, 4.69) is 11.9 Å². The van der Waals surface area contributed by atoms with E-state index in [0.717, 1.165) is 12.8 Å². The summed E-state index contributed by atoms with van der Waals surface area (Å²) in [6.07, 6.45) is 3.47. The number of hydrogen-bond donors (Lipinski definition) is 1. The first-order valence-corrected chi connectivity index (χ1v) is 11.5. The fraction of sp³-hybridized carbons (Fsp3) is 0.208. The van der Waals surface area contributed by atoms with Crippen LogP contribution in [0.15, 0.2) is 65.7 Å². The fourth-order valence-corrected chi connectivity index (χ4v) is 4.45. The minimum atomic E-state index is -0.857. The molecule has 8 heteroatoms. The minimum Gasteiger partial charge on any atom is -0.507 e. The molecule has 1 aliphatic rings. The highest BCUT2D eigenvalue weighted by atomic mass is 35.5. The van der Waals surface area contributed by atoms with Gasteiger partial charge in [-0.1, -0.05) is 49.2 Å². The van der Waals surface area contributed by atoms with Gasteiger partial charge < -0.3 is 9.84 Å². The van der Waals surface area contributed by atoms with Gasteiger partial charge in [-0.2, -0.15) is 0 Å². The Balaban J connectivity index is 1.83. The summed E-state index contributed by atoms with van der Waals surface area (Å²) in [4.78, 5) is 31.6. The number of carbonyl (C=O) groups excluding carboxylic acids is 2. The van der Waals surface area contributed by atoms with Gasteiger partial charge in [0.15, 0.2) is 5.13 Å². The molecule has 0 spiro atoms. The van der Waals surface area contributed by atoms with Crippen LogP contribution < -0.4 is 9.64 Å². The van der Waals surface area contributed by atoms with Gasteiger partial charge in [0.1, 0.15) is 11.5 Å². The SMILES string of the molecule is CCCCOc1cccc(/C(O)=C2\C(=O)C(=O)N(c3nccs3)C2c2cccc(Cl)c2)c1. The summed E-state index contributed by atoms with van der Waals surface area (Å²) in [7, 11) is 0. The number of aliphatic hydroxyl groups excluding tert-OH is 1. The molecule has 1 fully saturated rings. The van der Waals surface area contributed by atoms with E-state index in [1.807, 2.05) is 0 Å². The van der Waals surface area contributed by atoms with Crippen molar-refractivity contribution in [3.63, 3.8) is 0 Å². The third-order valence-electron chi connectivity index (χ3n) is 5.11. The van der Waals surface area contributed by atoms with Crippen LogP contribution in [0.2, 0.25) is 5.02 Å². The average molecular weight is 469 g/mol. The lowest BCUT2D eigenvalue weighted by Gasteiger charge is -2.23. The molecule has 1 N–H and O–H groups in total. The third-order valence-corrected chi connectivity index (χ3v) is 6.11. The highest BCUT2D eigenvalue weighted by Gasteiger charge is 2.48. The molecular weight excluding hydrogens is 448 g/mol. The smallest absolute Gasteiger partial charge is 0.301 e. The molecule has 0 bridgehead atoms. The van der Waals surface area contributed by atoms with Crippen LogP contribution in [-0.2, 0) is 9.59 Å². The van der Waals surface area contributed by atoms with E-state index in [1.165, 1.54) is 16.2 Å². The minimum absolute atomic E-state index is 0.0156. The highest BCUT2D eigenvalue weighted by molar-refractivity contribution is 7.14. The summed E-state index contributed by atoms with van der Waals surface area (Å²) < 4.78 is 5.73. The lowest BCUT2D eigenvalue weighted by atomic mass is 9.95. The normalized spacial score (nSPS) is 17.7. The highest BCUT2D eigenvalue weighted by Crippen LogP contribution is 2.43. The van der Waals surface area contributed by atoms with Crippen LogP contribution in [-0.4, -0.2) is 28.4 Å². The van der Waals surface area contributed by atoms with Crippen molar-refractivity contribution in [1.82, 2.24) is 4.98 Å². The second-order valence-electron chi connectivity index (χ2n) is 7.27. The van der Waals surface area contributed by atoms with E-state index in [9.17, 15) is 14.7 Å². The first kappa shape index (κ1) is 22.0. The Kier molecular flexibility index (Phi) is 6.58. The van der Waals surface area contributed by atoms with E-state index in [4.69, 9.17) is 16.3 Å². The third kappa shape index (κ3) is 4.26. The van der Waals surface area contributed by atoms with Gasteiger partial charge in [0, 0.05) is 22.2 Å². The van der Waals surface area contributed by atoms with Crippen molar-refractivity contribution in [3.05, 3.63) is 81.8 Å². The monoisotopic (exact) mass is 468 g/mol. The Morgan fingerprint density at radius 2 is 2.03 bits per heavy atom. The summed E-state index contributed by atoms with van der Waals surface area (Å²) in [6.45, 7) is 2.63. The van der Waals surface area contributed by atoms with Crippen molar-refractivity contribution in [2.45, 2.75) is 25.8 Å². The number of Topliss-reactive ketones (excluding diaryl/α,β-unsaturated/α-hetero) is 1. The number of ketones is 1. The molecule has 1 aromatic heterocycles. The molecule has 1 unspecified atom stereocenters. The number of ether oxygens (including phenoxy) is 1. The number of anilines is 1. The maximum atomic E-state index is 13.1. The van der Waals surface area contributed by atoms with Crippen molar-refractivity contribution in [2.24, 2.45) is 0 Å². The quantitative estimate of drug-likeness (QED) is 0.211. The molecule has 0 aliphatic carbocycles. The summed E-state index contributed by atoms with van der Waals surface area (Å²) in [5.41, 5.74) is 0.977. The molecule has 2 heterocycles. The Hall–Kier alpha value is -3.16. The summed E-state index contributed by atoms with van der Waals surface area (Å²) in [6, 6.07) is 12.9. The first-order chi connectivity index (χ1) is 15.5. The van der Waals surface area contributed by atoms with E-state index < -0.39 is 17.7 Å². The fourth-order valence-electron chi connectivity index (χ4n) is 3.58. The number of aromatic nitrogens is 1. The first-order valence-electron chi connectivity index (χ1n) is 10.2. The Labute approximate surface area is 194 Å². The number of hydrogen-bond acceptors (Lipinski definition) is 6. The molecular formula is C24H21ClN2O4S. The number of unbranched alkanes of at least 4 members (excludes halogenated alkanes) is 1. The van der Waals surface area contributed by atoms with Crippen LogP contribution in [0.1, 0.15) is 36.9 Å². The van der Waals surface area contributed by atoms with E-state index in [1.54, 1.807) is 60.1 Å². The number of rotatable bonds is 7. The standard InChI is InChI=1S/C24H21ClN2O4S/c1-2-3-11-31-18-9-5-7-16(14-18)21(28)19-20(15-6-4-8-17(25)13-15)27(23(30)22(19)29)24-26-10-12-32-24/h4-10,12-14,20,28H,2-3,11H2,1H3/b21-19+. The van der Waals surface area contributed by atoms with E-state index in [-0.39, 0.29) is 11.3 Å². The number of halogens is 1. The second-order valence-corrected chi connectivity index (χ2v) is 8.58. The molecule has 0 radical (unpaired) electrons. The summed E-state index contributed by atoms with van der Waals surface area (Å²) in [5.74, 6) is -1.22. The Morgan fingerprint density at radius 3 is 2.75 bits per heavy atom. The largest absolute Gasteiger partial charge is 0.507 e. The second kappa shape index (κ2) is 9.54. The molecule has 1 aliphatic heterocycles. The molecule has 6 nitrogen and oxygen atoms in total. The lowest BCUT2D eigenvalue weighted by molar-refractivity contribution is -0.132. The molecule has 164 valence electrons. The predicted molar refractivity (Wildman–Crippen MR) is 125 cm³/mol. The molecule has 32 heavy (non-hydrogen) atoms. The molecule has 2 aromatic carbocycles. The van der Waals surface area contributed by atoms with Crippen molar-refractivity contribution in [2.75, 3.05) is 11.5 Å². The van der Waals surface area contributed by atoms with Gasteiger partial charge in [0.25, 0.3) is 5.78 Å². The number of aliphatic hydroxyl groups is 1. The zero-order chi connectivity index (χ0) is 22.7. The summed E-state index contributed by atoms with van der Waals surface area (Å²) >= 11 is 7.43. The zero-order valence-electron chi connectivity index (χ0n) is 17.3. The van der Waals surface area contributed by atoms with Crippen LogP contribution >= 0.6 is 22.9 Å². The topological polar surface area (TPSA) is 79.7 Å². The zero-order valence-corrected chi connectivity index (χ0v) is 18.9. The predicted octanol–water partition coefficient (Wildman–Crippen LogP) is 5.60. The molecule has 3 aromatic rings. The van der Waals surface area contributed by atoms with Gasteiger partial charge in [-0.05, 0) is 36.2 Å². The number of carbonyl (C=O) groups is 2. The maximum absolute atomic E-state index is 13.1. The van der Waals surface area contributed by atoms with Gasteiger partial charge in [0.05, 0.1) is 18.2 Å². The molecule has 4 rings (SSSR count). The molecule has 1 atom stereocenters. The van der Waals surface area contributed by atoms with Crippen LogP contribution in [0.3, 0.4) is 0 Å². The van der Waals surface area contributed by atoms with Crippen molar-refractivity contribution in [1.29, 1.82) is 0 Å². The molecule has 1 saturated heterocycles. The van der Waals surface area contributed by atoms with Gasteiger partial charge in [-0.3, -0.25) is 14.5 Å². The van der Waals surface area contributed by atoms with Crippen molar-refractivity contribution >= 4 is 45.5 Å². The van der Waals surface area contributed by atoms with Gasteiger partial charge >= 0.3 is 5.91 Å². The maximum Gasteiger partial charge on any atom is 0.301 e. The van der Waals surface area contributed by atoms with Gasteiger partial charge in [-0.15, -0.1) is 11.3 Å². The van der Waals surface area contributed by atoms with Crippen LogP contribution in [0, 0.1) is 0 Å². The summed E-state index contributed by atoms with van der Waals surface area (Å²) in [5, 5.41) is 13.7. The van der Waals surface area contributed by atoms with E-state index in [0.29, 0.717) is 33.6 Å². The van der Waals surface area contributed by atoms with E-state index >= 15 is 0 Å². The van der Waals surface area contributed by atoms with Crippen molar-refractivity contribution < 1.29 is 19.4 Å². The number of thiazole rings is 1. The number of nitrogens with zero attached hydrogens (tertiary/aromatic N) is 2. The van der Waals surface area contributed by atoms with Gasteiger partial charge in [-0.25, -0.2) is 4.98 Å². The Morgan fingerprint density at radius 1 is 1.22 bits per heavy atom. The number of benzene rings is 2. The molecule has 1 amide bonds. The lowest BCUT2D eigenvalue weighted by Crippen LogP contribution is -2.29. The number of amides is 1. The van der Waals surface area contributed by atoms with Gasteiger partial charge in [0.2, 0.25) is 0 Å². The molecule has 0 saturated carbocycles. The van der Waals surface area contributed by atoms with Crippen LogP contribution in [0.5, 0.6) is 5.75 Å². The Bertz CT molecular complexity index is 1180. The average Bonchev–Trinajstić information content (AvgIpc) is 3.41. The van der Waals surface area contributed by atoms with Crippen LogP contribution in [0.4, 0.5) is 5.13 Å². The van der Waals surface area contributed by atoms with Crippen molar-refractivity contribution in [3.8, 4) is 5.75 Å².